The number of nitrogens with zero attached hydrogens (tertiary/aromatic N) is 1. The summed E-state index contributed by atoms with van der Waals surface area (Å²) < 4.78 is -0.0151. The number of Topliss-reactive ketones (excluding diaryl/α,β-unsaturated/α-hetero) is 1. The number of ketones is 1. The molecule has 3 atom stereocenters. The number of benzene rings is 1. The molecule has 10 nitrogen and oxygen atoms in total. The van der Waals surface area contributed by atoms with Crippen molar-refractivity contribution in [2.24, 2.45) is 0 Å². The Bertz CT molecular complexity index is 1020. The van der Waals surface area contributed by atoms with Crippen molar-refractivity contribution in [2.45, 2.75) is 61.7 Å². The topological polar surface area (TPSA) is 145 Å². The van der Waals surface area contributed by atoms with Crippen molar-refractivity contribution >= 4 is 53.0 Å². The molecule has 3 rings (SSSR count). The second kappa shape index (κ2) is 14.0. The molecular weight excluding hydrogens is 528 g/mol. The summed E-state index contributed by atoms with van der Waals surface area (Å²) in [4.78, 5) is 64.8. The number of aliphatic carboxylic acids is 1. The van der Waals surface area contributed by atoms with Crippen LogP contribution in [0.2, 0.25) is 0 Å². The average molecular weight is 565 g/mol. The lowest BCUT2D eigenvalue weighted by Gasteiger charge is -2.31. The molecule has 0 radical (unpaired) electrons. The molecular formula is C26H36N4O6S2. The molecule has 12 heteroatoms. The van der Waals surface area contributed by atoms with E-state index in [0.717, 1.165) is 24.5 Å². The number of carbonyl (C=O) groups is 5. The lowest BCUT2D eigenvalue weighted by atomic mass is 10.1. The summed E-state index contributed by atoms with van der Waals surface area (Å²) in [6.45, 7) is 4.81. The zero-order valence-electron chi connectivity index (χ0n) is 21.7. The minimum absolute atomic E-state index is 0.0151. The third-order valence-electron chi connectivity index (χ3n) is 6.65. The monoisotopic (exact) mass is 564 g/mol. The molecule has 1 aromatic carbocycles. The van der Waals surface area contributed by atoms with Crippen LogP contribution in [0.1, 0.15) is 51.1 Å². The average Bonchev–Trinajstić information content (AvgIpc) is 3.28. The third kappa shape index (κ3) is 7.73. The first kappa shape index (κ1) is 30.0. The van der Waals surface area contributed by atoms with Crippen LogP contribution < -0.4 is 16.0 Å². The quantitative estimate of drug-likeness (QED) is 0.278. The van der Waals surface area contributed by atoms with Gasteiger partial charge in [-0.15, -0.1) is 23.5 Å². The van der Waals surface area contributed by atoms with Gasteiger partial charge in [0.25, 0.3) is 5.91 Å². The van der Waals surface area contributed by atoms with Gasteiger partial charge in [0, 0.05) is 6.54 Å². The van der Waals surface area contributed by atoms with E-state index in [1.165, 1.54) is 0 Å². The smallest absolute Gasteiger partial charge is 0.330 e. The highest BCUT2D eigenvalue weighted by atomic mass is 32.2. The highest BCUT2D eigenvalue weighted by Crippen LogP contribution is 2.50. The fourth-order valence-corrected chi connectivity index (χ4v) is 8.10. The van der Waals surface area contributed by atoms with E-state index in [-0.39, 0.29) is 22.4 Å². The number of likely N-dealkylation sites (N-methyl/N-ethyl adjacent to an activating group) is 1. The normalized spacial score (nSPS) is 20.3. The third-order valence-corrected chi connectivity index (χ3v) is 9.98. The fourth-order valence-electron chi connectivity index (χ4n) is 4.70. The van der Waals surface area contributed by atoms with Gasteiger partial charge in [-0.25, -0.2) is 4.79 Å². The van der Waals surface area contributed by atoms with Gasteiger partial charge in [0.15, 0.2) is 6.04 Å². The van der Waals surface area contributed by atoms with Crippen molar-refractivity contribution in [2.75, 3.05) is 31.1 Å². The van der Waals surface area contributed by atoms with Gasteiger partial charge in [-0.3, -0.25) is 24.1 Å². The molecule has 2 fully saturated rings. The molecule has 0 bridgehead atoms. The molecule has 0 saturated carbocycles. The summed E-state index contributed by atoms with van der Waals surface area (Å²) >= 11 is 3.81. The zero-order chi connectivity index (χ0) is 27.7. The Hall–Kier alpha value is -2.57. The molecule has 2 saturated heterocycles. The second-order valence-corrected chi connectivity index (χ2v) is 12.6. The first-order valence-electron chi connectivity index (χ1n) is 12.9. The van der Waals surface area contributed by atoms with Gasteiger partial charge in [-0.1, -0.05) is 50.6 Å². The first-order valence-corrected chi connectivity index (χ1v) is 14.9. The van der Waals surface area contributed by atoms with E-state index in [0.29, 0.717) is 24.9 Å². The maximum absolute atomic E-state index is 13.3. The first-order chi connectivity index (χ1) is 18.2. The van der Waals surface area contributed by atoms with Gasteiger partial charge in [0.2, 0.25) is 17.6 Å². The molecule has 2 heterocycles. The SMILES string of the molecule is CCCC(NC(=O)[C@@H]1CC2(CN1CC)SCCCS2)C(=O)C(=O)NCC(=O)N[C@H](C(=O)O)c1ccccc1. The Balaban J connectivity index is 1.56. The van der Waals surface area contributed by atoms with Crippen LogP contribution in [0.4, 0.5) is 0 Å². The maximum atomic E-state index is 13.3. The van der Waals surface area contributed by atoms with E-state index in [4.69, 9.17) is 0 Å². The number of carbonyl (C=O) groups excluding carboxylic acids is 4. The molecule has 0 aromatic heterocycles. The summed E-state index contributed by atoms with van der Waals surface area (Å²) in [5.41, 5.74) is 0.376. The number of carboxylic acid groups (broad SMARTS) is 1. The molecule has 3 amide bonds. The van der Waals surface area contributed by atoms with Gasteiger partial charge < -0.3 is 21.1 Å². The number of hydrogen-bond acceptors (Lipinski definition) is 8. The predicted octanol–water partition coefficient (Wildman–Crippen LogP) is 1.56. The van der Waals surface area contributed by atoms with Gasteiger partial charge >= 0.3 is 5.97 Å². The van der Waals surface area contributed by atoms with Crippen LogP contribution in [0.15, 0.2) is 30.3 Å². The Morgan fingerprint density at radius 3 is 2.37 bits per heavy atom. The Labute approximate surface area is 231 Å². The van der Waals surface area contributed by atoms with Crippen molar-refractivity contribution in [3.05, 3.63) is 35.9 Å². The Kier molecular flexibility index (Phi) is 11.0. The summed E-state index contributed by atoms with van der Waals surface area (Å²) in [7, 11) is 0. The Morgan fingerprint density at radius 2 is 1.76 bits per heavy atom. The molecule has 1 aromatic rings. The van der Waals surface area contributed by atoms with Gasteiger partial charge in [0.05, 0.1) is 22.7 Å². The molecule has 0 aliphatic carbocycles. The summed E-state index contributed by atoms with van der Waals surface area (Å²) in [6, 6.07) is 5.49. The number of likely N-dealkylation sites (tertiary alicyclic amines) is 1. The predicted molar refractivity (Wildman–Crippen MR) is 148 cm³/mol. The number of amides is 3. The van der Waals surface area contributed by atoms with Crippen molar-refractivity contribution in [3.63, 3.8) is 0 Å². The summed E-state index contributed by atoms with van der Waals surface area (Å²) in [5.74, 6) is -1.96. The van der Waals surface area contributed by atoms with E-state index in [2.05, 4.69) is 20.9 Å². The molecule has 38 heavy (non-hydrogen) atoms. The van der Waals surface area contributed by atoms with E-state index in [1.807, 2.05) is 37.4 Å². The lowest BCUT2D eigenvalue weighted by Crippen LogP contribution is -2.53. The van der Waals surface area contributed by atoms with Crippen molar-refractivity contribution in [1.29, 1.82) is 0 Å². The van der Waals surface area contributed by atoms with E-state index >= 15 is 0 Å². The molecule has 1 unspecified atom stereocenters. The number of hydrogen-bond donors (Lipinski definition) is 4. The minimum Gasteiger partial charge on any atom is -0.479 e. The van der Waals surface area contributed by atoms with Crippen molar-refractivity contribution in [1.82, 2.24) is 20.9 Å². The van der Waals surface area contributed by atoms with Crippen LogP contribution >= 0.6 is 23.5 Å². The van der Waals surface area contributed by atoms with Crippen LogP contribution in [-0.2, 0) is 24.0 Å². The van der Waals surface area contributed by atoms with Crippen LogP contribution in [0.3, 0.4) is 0 Å². The highest BCUT2D eigenvalue weighted by molar-refractivity contribution is 8.18. The highest BCUT2D eigenvalue weighted by Gasteiger charge is 2.48. The molecule has 2 aliphatic rings. The maximum Gasteiger partial charge on any atom is 0.330 e. The van der Waals surface area contributed by atoms with Gasteiger partial charge in [-0.2, -0.15) is 0 Å². The lowest BCUT2D eigenvalue weighted by molar-refractivity contribution is -0.142. The van der Waals surface area contributed by atoms with Gasteiger partial charge in [-0.05, 0) is 42.9 Å². The van der Waals surface area contributed by atoms with Crippen LogP contribution in [-0.4, -0.2) is 86.8 Å². The fraction of sp³-hybridized carbons (Fsp3) is 0.577. The van der Waals surface area contributed by atoms with Crippen LogP contribution in [0.25, 0.3) is 0 Å². The van der Waals surface area contributed by atoms with Gasteiger partial charge in [0.1, 0.15) is 0 Å². The minimum atomic E-state index is -1.29. The summed E-state index contributed by atoms with van der Waals surface area (Å²) in [6.07, 6.45) is 2.70. The van der Waals surface area contributed by atoms with Crippen molar-refractivity contribution < 1.29 is 29.1 Å². The largest absolute Gasteiger partial charge is 0.479 e. The van der Waals surface area contributed by atoms with E-state index in [9.17, 15) is 29.1 Å². The van der Waals surface area contributed by atoms with Crippen LogP contribution in [0, 0.1) is 0 Å². The van der Waals surface area contributed by atoms with Crippen molar-refractivity contribution in [3.8, 4) is 0 Å². The molecule has 208 valence electrons. The number of thioether (sulfide) groups is 2. The number of nitrogens with one attached hydrogen (secondary N) is 3. The number of carboxylic acids is 1. The number of rotatable bonds is 12. The van der Waals surface area contributed by atoms with E-state index < -0.39 is 42.2 Å². The van der Waals surface area contributed by atoms with Crippen LogP contribution in [0.5, 0.6) is 0 Å². The second-order valence-electron chi connectivity index (χ2n) is 9.39. The molecule has 4 N–H and O–H groups in total. The summed E-state index contributed by atoms with van der Waals surface area (Å²) in [5, 5.41) is 16.9. The zero-order valence-corrected chi connectivity index (χ0v) is 23.4. The molecule has 2 aliphatic heterocycles. The Morgan fingerprint density at radius 1 is 1.08 bits per heavy atom. The standard InChI is InChI=1S/C26H36N4O6S2/c1-3-9-18(28-23(33)19-14-26(16-30(19)4-2)37-12-8-13-38-26)22(32)24(34)27-15-20(31)29-21(25(35)36)17-10-6-5-7-11-17/h5-7,10-11,18-19,21H,3-4,8-9,12-16H2,1-2H3,(H,27,34)(H,28,33)(H,29,31)(H,35,36)/t18?,19-,21-/m0/s1. The van der Waals surface area contributed by atoms with E-state index in [1.54, 1.807) is 30.3 Å². The molecule has 1 spiro atoms.